The molecule has 3 aromatic rings. The lowest BCUT2D eigenvalue weighted by Crippen LogP contribution is -2.24. The van der Waals surface area contributed by atoms with E-state index in [2.05, 4.69) is 45.5 Å². The van der Waals surface area contributed by atoms with Gasteiger partial charge in [-0.1, -0.05) is 48.0 Å². The summed E-state index contributed by atoms with van der Waals surface area (Å²) >= 11 is 3.55. The van der Waals surface area contributed by atoms with Gasteiger partial charge in [0.05, 0.1) is 10.7 Å². The Labute approximate surface area is 167 Å². The average Bonchev–Trinajstić information content (AvgIpc) is 2.63. The van der Waals surface area contributed by atoms with Crippen LogP contribution in [-0.4, -0.2) is 18.7 Å². The first-order chi connectivity index (χ1) is 13.0. The Kier molecular flexibility index (Phi) is 5.91. The maximum atomic E-state index is 12.0. The monoisotopic (exact) mass is 424 g/mol. The highest BCUT2D eigenvalue weighted by atomic mass is 79.9. The SMILES string of the molecule is Cc1cc(C)c(C=NNC(=O)COc2ccc3ccccc3c2Br)c(C)c1. The van der Waals surface area contributed by atoms with Crippen LogP contribution in [0.5, 0.6) is 5.75 Å². The van der Waals surface area contributed by atoms with E-state index in [0.717, 1.165) is 31.9 Å². The van der Waals surface area contributed by atoms with Gasteiger partial charge in [-0.25, -0.2) is 5.43 Å². The topological polar surface area (TPSA) is 50.7 Å². The van der Waals surface area contributed by atoms with Crippen LogP contribution in [0.4, 0.5) is 0 Å². The van der Waals surface area contributed by atoms with E-state index in [9.17, 15) is 4.79 Å². The molecule has 27 heavy (non-hydrogen) atoms. The minimum Gasteiger partial charge on any atom is -0.483 e. The summed E-state index contributed by atoms with van der Waals surface area (Å²) in [5.74, 6) is 0.312. The van der Waals surface area contributed by atoms with Crippen molar-refractivity contribution in [1.29, 1.82) is 0 Å². The van der Waals surface area contributed by atoms with Crippen LogP contribution < -0.4 is 10.2 Å². The smallest absolute Gasteiger partial charge is 0.277 e. The molecule has 0 radical (unpaired) electrons. The first-order valence-electron chi connectivity index (χ1n) is 8.65. The predicted molar refractivity (Wildman–Crippen MR) is 114 cm³/mol. The molecule has 3 rings (SSSR count). The molecule has 1 N–H and O–H groups in total. The van der Waals surface area contributed by atoms with Crippen LogP contribution in [-0.2, 0) is 4.79 Å². The standard InChI is InChI=1S/C22H21BrN2O2/c1-14-10-15(2)19(16(3)11-14)12-24-25-21(26)13-27-20-9-8-17-6-4-5-7-18(17)22(20)23/h4-12H,13H2,1-3H3,(H,25,26). The summed E-state index contributed by atoms with van der Waals surface area (Å²) < 4.78 is 6.48. The highest BCUT2D eigenvalue weighted by Gasteiger charge is 2.08. The number of hydrazone groups is 1. The Morgan fingerprint density at radius 3 is 2.56 bits per heavy atom. The maximum Gasteiger partial charge on any atom is 0.277 e. The molecule has 0 atom stereocenters. The van der Waals surface area contributed by atoms with Gasteiger partial charge in [-0.15, -0.1) is 0 Å². The van der Waals surface area contributed by atoms with E-state index in [-0.39, 0.29) is 12.5 Å². The molecule has 0 aliphatic carbocycles. The fourth-order valence-corrected chi connectivity index (χ4v) is 3.67. The number of rotatable bonds is 5. The van der Waals surface area contributed by atoms with Crippen LogP contribution in [0.2, 0.25) is 0 Å². The van der Waals surface area contributed by atoms with Crippen molar-refractivity contribution in [3.8, 4) is 5.75 Å². The fourth-order valence-electron chi connectivity index (χ4n) is 3.06. The molecule has 138 valence electrons. The van der Waals surface area contributed by atoms with Gasteiger partial charge in [0.15, 0.2) is 6.61 Å². The van der Waals surface area contributed by atoms with Crippen LogP contribution >= 0.6 is 15.9 Å². The average molecular weight is 425 g/mol. The molecule has 0 saturated carbocycles. The highest BCUT2D eigenvalue weighted by Crippen LogP contribution is 2.32. The van der Waals surface area contributed by atoms with E-state index in [0.29, 0.717) is 5.75 Å². The van der Waals surface area contributed by atoms with Crippen LogP contribution in [0.3, 0.4) is 0 Å². The fraction of sp³-hybridized carbons (Fsp3) is 0.182. The van der Waals surface area contributed by atoms with Gasteiger partial charge in [0.25, 0.3) is 5.91 Å². The number of halogens is 1. The van der Waals surface area contributed by atoms with E-state index >= 15 is 0 Å². The summed E-state index contributed by atoms with van der Waals surface area (Å²) in [6, 6.07) is 16.0. The van der Waals surface area contributed by atoms with E-state index in [1.54, 1.807) is 6.21 Å². The van der Waals surface area contributed by atoms with Crippen molar-refractivity contribution < 1.29 is 9.53 Å². The molecule has 0 spiro atoms. The van der Waals surface area contributed by atoms with Gasteiger partial charge >= 0.3 is 0 Å². The zero-order valence-electron chi connectivity index (χ0n) is 15.5. The number of ether oxygens (including phenoxy) is 1. The van der Waals surface area contributed by atoms with Crippen molar-refractivity contribution in [3.05, 3.63) is 75.3 Å². The van der Waals surface area contributed by atoms with E-state index < -0.39 is 0 Å². The largest absolute Gasteiger partial charge is 0.483 e. The molecule has 0 saturated heterocycles. The lowest BCUT2D eigenvalue weighted by atomic mass is 10.0. The molecule has 0 bridgehead atoms. The normalized spacial score (nSPS) is 11.1. The first-order valence-corrected chi connectivity index (χ1v) is 9.45. The summed E-state index contributed by atoms with van der Waals surface area (Å²) in [6.45, 7) is 6.01. The molecular weight excluding hydrogens is 404 g/mol. The second-order valence-corrected chi connectivity index (χ2v) is 7.29. The van der Waals surface area contributed by atoms with Gasteiger partial charge < -0.3 is 4.74 Å². The maximum absolute atomic E-state index is 12.0. The van der Waals surface area contributed by atoms with Crippen LogP contribution in [0.1, 0.15) is 22.3 Å². The number of hydrogen-bond acceptors (Lipinski definition) is 3. The number of amides is 1. The van der Waals surface area contributed by atoms with E-state index in [4.69, 9.17) is 4.74 Å². The molecule has 0 unspecified atom stereocenters. The van der Waals surface area contributed by atoms with Crippen LogP contribution in [0, 0.1) is 20.8 Å². The molecule has 0 aliphatic heterocycles. The number of fused-ring (bicyclic) bond motifs is 1. The zero-order chi connectivity index (χ0) is 19.4. The number of carbonyl (C=O) groups is 1. The minimum atomic E-state index is -0.311. The van der Waals surface area contributed by atoms with Gasteiger partial charge in [-0.05, 0) is 64.7 Å². The van der Waals surface area contributed by atoms with Crippen molar-refractivity contribution in [3.63, 3.8) is 0 Å². The predicted octanol–water partition coefficient (Wildman–Crippen LogP) is 5.06. The third kappa shape index (κ3) is 4.55. The zero-order valence-corrected chi connectivity index (χ0v) is 17.1. The summed E-state index contributed by atoms with van der Waals surface area (Å²) in [4.78, 5) is 12.0. The molecule has 0 aromatic heterocycles. The van der Waals surface area contributed by atoms with E-state index in [1.165, 1.54) is 5.56 Å². The van der Waals surface area contributed by atoms with Crippen LogP contribution in [0.15, 0.2) is 58.1 Å². The third-order valence-electron chi connectivity index (χ3n) is 4.31. The molecule has 0 aliphatic rings. The Morgan fingerprint density at radius 2 is 1.81 bits per heavy atom. The lowest BCUT2D eigenvalue weighted by molar-refractivity contribution is -0.123. The van der Waals surface area contributed by atoms with E-state index in [1.807, 2.05) is 50.2 Å². The molecule has 1 amide bonds. The van der Waals surface area contributed by atoms with Crippen molar-refractivity contribution in [2.45, 2.75) is 20.8 Å². The second-order valence-electron chi connectivity index (χ2n) is 6.49. The number of aryl methyl sites for hydroxylation is 3. The Hall–Kier alpha value is -2.66. The van der Waals surface area contributed by atoms with Crippen molar-refractivity contribution in [2.24, 2.45) is 5.10 Å². The molecule has 4 nitrogen and oxygen atoms in total. The third-order valence-corrected chi connectivity index (χ3v) is 5.13. The van der Waals surface area contributed by atoms with Gasteiger partial charge in [-0.2, -0.15) is 5.10 Å². The molecular formula is C22H21BrN2O2. The summed E-state index contributed by atoms with van der Waals surface area (Å²) in [5.41, 5.74) is 6.99. The van der Waals surface area contributed by atoms with Gasteiger partial charge in [0, 0.05) is 5.56 Å². The van der Waals surface area contributed by atoms with Crippen LogP contribution in [0.25, 0.3) is 10.8 Å². The number of nitrogens with zero attached hydrogens (tertiary/aromatic N) is 1. The number of carbonyl (C=O) groups excluding carboxylic acids is 1. The summed E-state index contributed by atoms with van der Waals surface area (Å²) in [7, 11) is 0. The minimum absolute atomic E-state index is 0.111. The number of benzene rings is 3. The van der Waals surface area contributed by atoms with Gasteiger partial charge in [0.2, 0.25) is 0 Å². The molecule has 3 aromatic carbocycles. The Bertz CT molecular complexity index is 1000. The van der Waals surface area contributed by atoms with Crippen molar-refractivity contribution >= 4 is 38.8 Å². The molecule has 0 heterocycles. The quantitative estimate of drug-likeness (QED) is 0.459. The molecule has 0 fully saturated rings. The van der Waals surface area contributed by atoms with Crippen molar-refractivity contribution in [2.75, 3.05) is 6.61 Å². The molecule has 5 heteroatoms. The van der Waals surface area contributed by atoms with Crippen molar-refractivity contribution in [1.82, 2.24) is 5.43 Å². The van der Waals surface area contributed by atoms with Gasteiger partial charge in [-0.3, -0.25) is 4.79 Å². The Morgan fingerprint density at radius 1 is 1.11 bits per heavy atom. The van der Waals surface area contributed by atoms with Gasteiger partial charge in [0.1, 0.15) is 5.75 Å². The number of nitrogens with one attached hydrogen (secondary N) is 1. The summed E-state index contributed by atoms with van der Waals surface area (Å²) in [5, 5.41) is 6.21. The lowest BCUT2D eigenvalue weighted by Gasteiger charge is -2.10. The highest BCUT2D eigenvalue weighted by molar-refractivity contribution is 9.10. The second kappa shape index (κ2) is 8.35. The first kappa shape index (κ1) is 19.1. The summed E-state index contributed by atoms with van der Waals surface area (Å²) in [6.07, 6.45) is 1.67. The number of hydrogen-bond donors (Lipinski definition) is 1. The Balaban J connectivity index is 1.61.